The normalized spacial score (nSPS) is 15.9. The molecule has 20 heavy (non-hydrogen) atoms. The molecule has 0 atom stereocenters. The molecule has 1 aliphatic heterocycles. The minimum absolute atomic E-state index is 0.0356. The van der Waals surface area contributed by atoms with Crippen molar-refractivity contribution in [2.75, 3.05) is 26.2 Å². The van der Waals surface area contributed by atoms with Crippen molar-refractivity contribution in [1.82, 2.24) is 9.80 Å². The molecular formula is C15H19FN2O2. The van der Waals surface area contributed by atoms with Crippen LogP contribution in [-0.2, 0) is 16.0 Å². The molecule has 1 fully saturated rings. The molecule has 2 amide bonds. The van der Waals surface area contributed by atoms with E-state index in [9.17, 15) is 14.0 Å². The number of nitrogens with zero attached hydrogens (tertiary/aromatic N) is 2. The molecule has 0 saturated carbocycles. The van der Waals surface area contributed by atoms with Crippen LogP contribution in [0.15, 0.2) is 24.3 Å². The summed E-state index contributed by atoms with van der Waals surface area (Å²) < 4.78 is 13.5. The van der Waals surface area contributed by atoms with Crippen LogP contribution in [0.2, 0.25) is 0 Å². The maximum Gasteiger partial charge on any atom is 0.227 e. The monoisotopic (exact) mass is 278 g/mol. The zero-order valence-corrected chi connectivity index (χ0v) is 11.6. The molecule has 5 heteroatoms. The third-order valence-electron chi connectivity index (χ3n) is 3.59. The first-order valence-electron chi connectivity index (χ1n) is 6.84. The second-order valence-corrected chi connectivity index (χ2v) is 5.01. The lowest BCUT2D eigenvalue weighted by molar-refractivity contribution is -0.132. The van der Waals surface area contributed by atoms with Crippen molar-refractivity contribution in [2.24, 2.45) is 0 Å². The Morgan fingerprint density at radius 1 is 1.10 bits per heavy atom. The summed E-state index contributed by atoms with van der Waals surface area (Å²) in [5, 5.41) is 0. The highest BCUT2D eigenvalue weighted by molar-refractivity contribution is 5.79. The smallest absolute Gasteiger partial charge is 0.227 e. The summed E-state index contributed by atoms with van der Waals surface area (Å²) >= 11 is 0. The topological polar surface area (TPSA) is 40.6 Å². The van der Waals surface area contributed by atoms with Gasteiger partial charge in [-0.3, -0.25) is 9.59 Å². The molecule has 0 N–H and O–H groups in total. The fraction of sp³-hybridized carbons (Fsp3) is 0.467. The van der Waals surface area contributed by atoms with Crippen LogP contribution in [0.1, 0.15) is 18.9 Å². The van der Waals surface area contributed by atoms with Crippen molar-refractivity contribution in [1.29, 1.82) is 0 Å². The average molecular weight is 278 g/mol. The van der Waals surface area contributed by atoms with Crippen molar-refractivity contribution >= 4 is 11.8 Å². The van der Waals surface area contributed by atoms with Crippen LogP contribution in [0.4, 0.5) is 4.39 Å². The summed E-state index contributed by atoms with van der Waals surface area (Å²) in [6.45, 7) is 3.91. The highest BCUT2D eigenvalue weighted by Gasteiger charge is 2.20. The molecule has 0 radical (unpaired) electrons. The second-order valence-electron chi connectivity index (χ2n) is 5.01. The lowest BCUT2D eigenvalue weighted by Gasteiger charge is -2.21. The highest BCUT2D eigenvalue weighted by Crippen LogP contribution is 2.10. The SMILES string of the molecule is CC(=O)N1CCCN(C(=O)Cc2ccccc2F)CC1. The lowest BCUT2D eigenvalue weighted by atomic mass is 10.1. The van der Waals surface area contributed by atoms with E-state index in [-0.39, 0.29) is 24.1 Å². The molecule has 2 rings (SSSR count). The Labute approximate surface area is 118 Å². The maximum absolute atomic E-state index is 13.5. The number of halogens is 1. The van der Waals surface area contributed by atoms with Gasteiger partial charge >= 0.3 is 0 Å². The van der Waals surface area contributed by atoms with Gasteiger partial charge in [-0.1, -0.05) is 18.2 Å². The van der Waals surface area contributed by atoms with Crippen LogP contribution in [0.25, 0.3) is 0 Å². The van der Waals surface area contributed by atoms with Gasteiger partial charge in [0.1, 0.15) is 5.82 Å². The molecule has 0 bridgehead atoms. The van der Waals surface area contributed by atoms with Gasteiger partial charge in [0.15, 0.2) is 0 Å². The zero-order chi connectivity index (χ0) is 14.5. The minimum Gasteiger partial charge on any atom is -0.341 e. The van der Waals surface area contributed by atoms with Crippen molar-refractivity contribution in [3.05, 3.63) is 35.6 Å². The van der Waals surface area contributed by atoms with Gasteiger partial charge in [-0.15, -0.1) is 0 Å². The van der Waals surface area contributed by atoms with E-state index < -0.39 is 0 Å². The standard InChI is InChI=1S/C15H19FN2O2/c1-12(19)17-7-4-8-18(10-9-17)15(20)11-13-5-2-3-6-14(13)16/h2-3,5-6H,4,7-11H2,1H3. The lowest BCUT2D eigenvalue weighted by Crippen LogP contribution is -2.37. The van der Waals surface area contributed by atoms with Gasteiger partial charge in [0.25, 0.3) is 0 Å². The number of carbonyl (C=O) groups is 2. The summed E-state index contributed by atoms with van der Waals surface area (Å²) in [6, 6.07) is 6.33. The Morgan fingerprint density at radius 2 is 1.75 bits per heavy atom. The Kier molecular flexibility index (Phi) is 4.71. The van der Waals surface area contributed by atoms with Crippen LogP contribution < -0.4 is 0 Å². The first-order valence-corrected chi connectivity index (χ1v) is 6.84. The Morgan fingerprint density at radius 3 is 2.45 bits per heavy atom. The van der Waals surface area contributed by atoms with Crippen molar-refractivity contribution < 1.29 is 14.0 Å². The van der Waals surface area contributed by atoms with Gasteiger partial charge in [0.2, 0.25) is 11.8 Å². The molecule has 1 aromatic carbocycles. The van der Waals surface area contributed by atoms with E-state index in [1.165, 1.54) is 13.0 Å². The van der Waals surface area contributed by atoms with Gasteiger partial charge in [-0.05, 0) is 18.1 Å². The molecule has 0 aliphatic carbocycles. The molecule has 0 aromatic heterocycles. The summed E-state index contributed by atoms with van der Waals surface area (Å²) in [5.74, 6) is -0.394. The Hall–Kier alpha value is -1.91. The third kappa shape index (κ3) is 3.56. The fourth-order valence-corrected chi connectivity index (χ4v) is 2.40. The number of carbonyl (C=O) groups excluding carboxylic acids is 2. The van der Waals surface area contributed by atoms with E-state index in [0.717, 1.165) is 6.42 Å². The molecule has 1 aliphatic rings. The van der Waals surface area contributed by atoms with Crippen molar-refractivity contribution in [3.8, 4) is 0 Å². The summed E-state index contributed by atoms with van der Waals surface area (Å²) in [4.78, 5) is 27.0. The molecule has 1 heterocycles. The first-order chi connectivity index (χ1) is 9.58. The van der Waals surface area contributed by atoms with Crippen LogP contribution in [0, 0.1) is 5.82 Å². The third-order valence-corrected chi connectivity index (χ3v) is 3.59. The number of rotatable bonds is 2. The quantitative estimate of drug-likeness (QED) is 0.821. The van der Waals surface area contributed by atoms with Crippen LogP contribution in [0.5, 0.6) is 0 Å². The van der Waals surface area contributed by atoms with E-state index in [2.05, 4.69) is 0 Å². The molecule has 108 valence electrons. The average Bonchev–Trinajstić information content (AvgIpc) is 2.67. The van der Waals surface area contributed by atoms with E-state index >= 15 is 0 Å². The van der Waals surface area contributed by atoms with Crippen LogP contribution in [0.3, 0.4) is 0 Å². The number of hydrogen-bond acceptors (Lipinski definition) is 2. The predicted molar refractivity (Wildman–Crippen MR) is 73.6 cm³/mol. The van der Waals surface area contributed by atoms with Gasteiger partial charge in [0, 0.05) is 33.1 Å². The van der Waals surface area contributed by atoms with E-state index in [1.54, 1.807) is 28.0 Å². The number of amides is 2. The maximum atomic E-state index is 13.5. The second kappa shape index (κ2) is 6.50. The van der Waals surface area contributed by atoms with Gasteiger partial charge in [-0.25, -0.2) is 4.39 Å². The Balaban J connectivity index is 1.96. The first kappa shape index (κ1) is 14.5. The molecule has 0 spiro atoms. The highest BCUT2D eigenvalue weighted by atomic mass is 19.1. The number of hydrogen-bond donors (Lipinski definition) is 0. The van der Waals surface area contributed by atoms with Gasteiger partial charge < -0.3 is 9.80 Å². The van der Waals surface area contributed by atoms with Gasteiger partial charge in [-0.2, -0.15) is 0 Å². The molecule has 0 unspecified atom stereocenters. The fourth-order valence-electron chi connectivity index (χ4n) is 2.40. The van der Waals surface area contributed by atoms with E-state index in [0.29, 0.717) is 31.7 Å². The van der Waals surface area contributed by atoms with Crippen LogP contribution in [-0.4, -0.2) is 47.8 Å². The number of benzene rings is 1. The van der Waals surface area contributed by atoms with Crippen LogP contribution >= 0.6 is 0 Å². The zero-order valence-electron chi connectivity index (χ0n) is 11.6. The largest absolute Gasteiger partial charge is 0.341 e. The molecule has 4 nitrogen and oxygen atoms in total. The molecule has 1 saturated heterocycles. The van der Waals surface area contributed by atoms with E-state index in [1.807, 2.05) is 0 Å². The Bertz CT molecular complexity index is 504. The van der Waals surface area contributed by atoms with Gasteiger partial charge in [0.05, 0.1) is 6.42 Å². The van der Waals surface area contributed by atoms with E-state index in [4.69, 9.17) is 0 Å². The molecule has 1 aromatic rings. The predicted octanol–water partition coefficient (Wildman–Crippen LogP) is 1.45. The summed E-state index contributed by atoms with van der Waals surface area (Å²) in [5.41, 5.74) is 0.421. The van der Waals surface area contributed by atoms with Crippen molar-refractivity contribution in [3.63, 3.8) is 0 Å². The minimum atomic E-state index is -0.346. The molecular weight excluding hydrogens is 259 g/mol. The summed E-state index contributed by atoms with van der Waals surface area (Å²) in [6.07, 6.45) is 0.843. The summed E-state index contributed by atoms with van der Waals surface area (Å²) in [7, 11) is 0. The van der Waals surface area contributed by atoms with Crippen molar-refractivity contribution in [2.45, 2.75) is 19.8 Å².